The van der Waals surface area contributed by atoms with Crippen LogP contribution in [0.1, 0.15) is 32.9 Å². The van der Waals surface area contributed by atoms with Gasteiger partial charge in [0, 0.05) is 19.6 Å². The normalized spacial score (nSPS) is 13.7. The summed E-state index contributed by atoms with van der Waals surface area (Å²) in [6, 6.07) is 18.2. The number of nitrogens with one attached hydrogen (secondary N) is 1. The Bertz CT molecular complexity index is 1110. The van der Waals surface area contributed by atoms with E-state index in [4.69, 9.17) is 4.42 Å². The Hall–Kier alpha value is -3.45. The maximum Gasteiger partial charge on any atom is 0.325 e. The number of hydrogen-bond acceptors (Lipinski definition) is 5. The summed E-state index contributed by atoms with van der Waals surface area (Å²) in [5.74, 6) is 0.686. The zero-order valence-electron chi connectivity index (χ0n) is 15.2. The lowest BCUT2D eigenvalue weighted by molar-refractivity contribution is 0.0940. The fourth-order valence-corrected chi connectivity index (χ4v) is 3.64. The first-order chi connectivity index (χ1) is 13.8. The minimum Gasteiger partial charge on any atom is -0.425 e. The summed E-state index contributed by atoms with van der Waals surface area (Å²) in [6.07, 6.45) is 1.39. The van der Waals surface area contributed by atoms with Gasteiger partial charge in [-0.2, -0.15) is 14.6 Å². The minimum absolute atomic E-state index is 0.222. The van der Waals surface area contributed by atoms with Crippen molar-refractivity contribution in [3.63, 3.8) is 0 Å². The van der Waals surface area contributed by atoms with Crippen molar-refractivity contribution in [3.8, 4) is 0 Å². The highest BCUT2D eigenvalue weighted by atomic mass is 16.4. The van der Waals surface area contributed by atoms with Gasteiger partial charge >= 0.3 is 5.84 Å². The highest BCUT2D eigenvalue weighted by Crippen LogP contribution is 2.26. The number of fused-ring (bicyclic) bond motifs is 2. The molecule has 28 heavy (non-hydrogen) atoms. The number of benzene rings is 2. The van der Waals surface area contributed by atoms with E-state index >= 15 is 0 Å². The molecule has 2 aromatic carbocycles. The van der Waals surface area contributed by atoms with Gasteiger partial charge in [0.05, 0.1) is 6.54 Å². The molecular weight excluding hydrogens is 354 g/mol. The van der Waals surface area contributed by atoms with E-state index in [-0.39, 0.29) is 5.91 Å². The smallest absolute Gasteiger partial charge is 0.325 e. The molecule has 5 rings (SSSR count). The van der Waals surface area contributed by atoms with E-state index in [0.29, 0.717) is 30.4 Å². The number of hydrogen-bond donors (Lipinski definition) is 1. The molecule has 0 saturated carbocycles. The first-order valence-electron chi connectivity index (χ1n) is 9.20. The first-order valence-corrected chi connectivity index (χ1v) is 9.20. The summed E-state index contributed by atoms with van der Waals surface area (Å²) in [5.41, 5.74) is 4.06. The molecule has 140 valence electrons. The number of amides is 1. The van der Waals surface area contributed by atoms with Crippen molar-refractivity contribution in [3.05, 3.63) is 89.1 Å². The second kappa shape index (κ2) is 6.94. The third kappa shape index (κ3) is 3.05. The standard InChI is InChI=1S/C21H19N5O2/c27-20(22-10-15-6-2-1-3-7-15)19-18(28-21-23-14-24-26(19)21)13-25-11-16-8-4-5-9-17(16)12-25/h1-9,14H,10-13H2,(H,22,27). The van der Waals surface area contributed by atoms with E-state index in [2.05, 4.69) is 44.6 Å². The Labute approximate surface area is 161 Å². The number of rotatable bonds is 5. The van der Waals surface area contributed by atoms with Crippen LogP contribution < -0.4 is 5.32 Å². The number of nitrogens with zero attached hydrogens (tertiary/aromatic N) is 4. The second-order valence-electron chi connectivity index (χ2n) is 6.91. The summed E-state index contributed by atoms with van der Waals surface area (Å²) in [4.78, 5) is 19.3. The molecule has 0 atom stereocenters. The summed E-state index contributed by atoms with van der Waals surface area (Å²) >= 11 is 0. The molecule has 0 radical (unpaired) electrons. The lowest BCUT2D eigenvalue weighted by Gasteiger charge is -2.13. The molecule has 0 spiro atoms. The van der Waals surface area contributed by atoms with E-state index in [1.165, 1.54) is 22.0 Å². The fraction of sp³-hybridized carbons (Fsp3) is 0.190. The molecule has 7 heteroatoms. The van der Waals surface area contributed by atoms with Crippen molar-refractivity contribution in [1.29, 1.82) is 0 Å². The monoisotopic (exact) mass is 373 g/mol. The highest BCUT2D eigenvalue weighted by Gasteiger charge is 2.26. The van der Waals surface area contributed by atoms with Crippen molar-refractivity contribution in [2.75, 3.05) is 0 Å². The molecule has 1 aliphatic rings. The molecule has 0 bridgehead atoms. The summed E-state index contributed by atoms with van der Waals surface area (Å²) in [5, 5.41) is 7.12. The van der Waals surface area contributed by atoms with E-state index in [1.54, 1.807) is 0 Å². The van der Waals surface area contributed by atoms with Crippen LogP contribution in [0.4, 0.5) is 0 Å². The molecule has 0 aliphatic carbocycles. The minimum atomic E-state index is -0.222. The Morgan fingerprint density at radius 3 is 2.50 bits per heavy atom. The van der Waals surface area contributed by atoms with Crippen LogP contribution in [0.3, 0.4) is 0 Å². The molecule has 0 fully saturated rings. The van der Waals surface area contributed by atoms with Gasteiger partial charge in [0.1, 0.15) is 6.33 Å². The van der Waals surface area contributed by atoms with Gasteiger partial charge in [-0.15, -0.1) is 0 Å². The lowest BCUT2D eigenvalue weighted by Crippen LogP contribution is -2.27. The van der Waals surface area contributed by atoms with Crippen LogP contribution >= 0.6 is 0 Å². The maximum absolute atomic E-state index is 12.9. The molecule has 3 heterocycles. The number of aromatic nitrogens is 3. The van der Waals surface area contributed by atoms with Gasteiger partial charge in [0.15, 0.2) is 11.5 Å². The molecule has 1 N–H and O–H groups in total. The maximum atomic E-state index is 12.9. The first kappa shape index (κ1) is 16.7. The predicted octanol–water partition coefficient (Wildman–Crippen LogP) is 2.77. The van der Waals surface area contributed by atoms with Gasteiger partial charge in [0.25, 0.3) is 5.91 Å². The molecule has 7 nitrogen and oxygen atoms in total. The molecule has 0 unspecified atom stereocenters. The lowest BCUT2D eigenvalue weighted by atomic mass is 10.1. The van der Waals surface area contributed by atoms with Gasteiger partial charge in [-0.1, -0.05) is 54.6 Å². The zero-order valence-corrected chi connectivity index (χ0v) is 15.2. The zero-order chi connectivity index (χ0) is 18.9. The van der Waals surface area contributed by atoms with Gasteiger partial charge < -0.3 is 9.73 Å². The molecule has 2 aromatic heterocycles. The van der Waals surface area contributed by atoms with Gasteiger partial charge in [-0.25, -0.2) is 0 Å². The Kier molecular flexibility index (Phi) is 4.14. The molecule has 1 aliphatic heterocycles. The van der Waals surface area contributed by atoms with Crippen LogP contribution in [-0.2, 0) is 26.2 Å². The molecule has 0 saturated heterocycles. The van der Waals surface area contributed by atoms with Crippen molar-refractivity contribution < 1.29 is 9.21 Å². The van der Waals surface area contributed by atoms with Crippen molar-refractivity contribution in [1.82, 2.24) is 24.8 Å². The van der Waals surface area contributed by atoms with Crippen LogP contribution in [0.25, 0.3) is 5.84 Å². The number of carbonyl (C=O) groups is 1. The van der Waals surface area contributed by atoms with E-state index in [9.17, 15) is 4.79 Å². The number of carbonyl (C=O) groups excluding carboxylic acids is 1. The third-order valence-corrected chi connectivity index (χ3v) is 4.99. The Balaban J connectivity index is 1.38. The SMILES string of the molecule is O=C(NCc1ccccc1)c1c(CN2Cc3ccccc3C2)oc2ncnn12. The van der Waals surface area contributed by atoms with Crippen LogP contribution in [-0.4, -0.2) is 25.4 Å². The third-order valence-electron chi connectivity index (χ3n) is 4.99. The largest absolute Gasteiger partial charge is 0.425 e. The van der Waals surface area contributed by atoms with Crippen LogP contribution in [0.15, 0.2) is 65.3 Å². The van der Waals surface area contributed by atoms with Crippen LogP contribution in [0.2, 0.25) is 0 Å². The molecule has 4 aromatic rings. The molecular formula is C21H19N5O2. The molecule has 1 amide bonds. The predicted molar refractivity (Wildman–Crippen MR) is 102 cm³/mol. The van der Waals surface area contributed by atoms with Gasteiger partial charge in [-0.3, -0.25) is 9.69 Å². The van der Waals surface area contributed by atoms with Crippen molar-refractivity contribution in [2.45, 2.75) is 26.2 Å². The summed E-state index contributed by atoms with van der Waals surface area (Å²) < 4.78 is 7.33. The summed E-state index contributed by atoms with van der Waals surface area (Å²) in [6.45, 7) is 2.62. The average molecular weight is 373 g/mol. The fourth-order valence-electron chi connectivity index (χ4n) is 3.64. The van der Waals surface area contributed by atoms with Crippen LogP contribution in [0.5, 0.6) is 0 Å². The Morgan fingerprint density at radius 1 is 1.04 bits per heavy atom. The van der Waals surface area contributed by atoms with Crippen molar-refractivity contribution >= 4 is 11.8 Å². The second-order valence-corrected chi connectivity index (χ2v) is 6.91. The Morgan fingerprint density at radius 2 is 1.75 bits per heavy atom. The number of oxazole rings is 1. The van der Waals surface area contributed by atoms with Crippen LogP contribution in [0, 0.1) is 0 Å². The van der Waals surface area contributed by atoms with Gasteiger partial charge in [-0.05, 0) is 16.7 Å². The summed E-state index contributed by atoms with van der Waals surface area (Å²) in [7, 11) is 0. The van der Waals surface area contributed by atoms with E-state index in [1.807, 2.05) is 30.3 Å². The van der Waals surface area contributed by atoms with E-state index < -0.39 is 0 Å². The van der Waals surface area contributed by atoms with E-state index in [0.717, 1.165) is 18.7 Å². The average Bonchev–Trinajstić information content (AvgIpc) is 3.40. The van der Waals surface area contributed by atoms with Crippen molar-refractivity contribution in [2.24, 2.45) is 0 Å². The topological polar surface area (TPSA) is 75.7 Å². The van der Waals surface area contributed by atoms with Gasteiger partial charge in [0.2, 0.25) is 0 Å². The highest BCUT2D eigenvalue weighted by molar-refractivity contribution is 5.94. The quantitative estimate of drug-likeness (QED) is 0.582.